The van der Waals surface area contributed by atoms with E-state index in [1.165, 1.54) is 5.69 Å². The minimum Gasteiger partial charge on any atom is -0.491 e. The molecule has 0 N–H and O–H groups in total. The first kappa shape index (κ1) is 28.6. The van der Waals surface area contributed by atoms with Crippen LogP contribution in [0.15, 0.2) is 72.0 Å². The molecule has 44 heavy (non-hydrogen) atoms. The van der Waals surface area contributed by atoms with Crippen LogP contribution < -0.4 is 20.2 Å². The van der Waals surface area contributed by atoms with Gasteiger partial charge in [0.05, 0.1) is 30.7 Å². The molecule has 0 spiro atoms. The van der Waals surface area contributed by atoms with Gasteiger partial charge in [-0.05, 0) is 74.7 Å². The Bertz CT molecular complexity index is 1570. The molecule has 1 saturated carbocycles. The highest BCUT2D eigenvalue weighted by Crippen LogP contribution is 2.46. The van der Waals surface area contributed by atoms with E-state index < -0.39 is 5.79 Å². The molecule has 3 aliphatic rings. The molecule has 0 amide bonds. The van der Waals surface area contributed by atoms with E-state index >= 15 is 0 Å². The lowest BCUT2D eigenvalue weighted by molar-refractivity contribution is -0.198. The molecule has 3 atom stereocenters. The minimum atomic E-state index is -0.655. The number of hydrogen-bond donors (Lipinski definition) is 0. The summed E-state index contributed by atoms with van der Waals surface area (Å²) in [6.07, 6.45) is 7.90. The van der Waals surface area contributed by atoms with Crippen LogP contribution in [0.2, 0.25) is 0 Å². The molecule has 3 unspecified atom stereocenters. The van der Waals surface area contributed by atoms with E-state index in [0.717, 1.165) is 62.6 Å². The lowest BCUT2D eigenvalue weighted by atomic mass is 10.1. The minimum absolute atomic E-state index is 0.0781. The first-order valence-corrected chi connectivity index (χ1v) is 15.7. The van der Waals surface area contributed by atoms with Crippen LogP contribution in [0.3, 0.4) is 0 Å². The molecule has 3 fully saturated rings. The Balaban J connectivity index is 0.895. The molecule has 7 rings (SSSR count). The van der Waals surface area contributed by atoms with Crippen LogP contribution >= 0.6 is 0 Å². The molecule has 232 valence electrons. The van der Waals surface area contributed by atoms with Crippen molar-refractivity contribution < 1.29 is 14.2 Å². The number of nitrogens with zero attached hydrogens (tertiary/aromatic N) is 8. The third-order valence-corrected chi connectivity index (χ3v) is 9.02. The zero-order chi connectivity index (χ0) is 30.1. The van der Waals surface area contributed by atoms with E-state index in [1.54, 1.807) is 32.8 Å². The predicted octanol–water partition coefficient (Wildman–Crippen LogP) is 3.52. The van der Waals surface area contributed by atoms with Crippen LogP contribution in [-0.4, -0.2) is 80.6 Å². The molecule has 12 nitrogen and oxygen atoms in total. The quantitative estimate of drug-likeness (QED) is 0.256. The Morgan fingerprint density at radius 2 is 1.52 bits per heavy atom. The summed E-state index contributed by atoms with van der Waals surface area (Å²) in [5.41, 5.74) is 3.07. The van der Waals surface area contributed by atoms with Gasteiger partial charge < -0.3 is 24.0 Å². The maximum atomic E-state index is 12.8. The van der Waals surface area contributed by atoms with Gasteiger partial charge in [0.1, 0.15) is 31.3 Å². The Morgan fingerprint density at radius 1 is 0.909 bits per heavy atom. The van der Waals surface area contributed by atoms with Crippen molar-refractivity contribution in [1.82, 2.24) is 29.3 Å². The summed E-state index contributed by atoms with van der Waals surface area (Å²) >= 11 is 0. The smallest absolute Gasteiger partial charge is 0.350 e. The van der Waals surface area contributed by atoms with Gasteiger partial charge >= 0.3 is 5.69 Å². The fraction of sp³-hybridized carbons (Fsp3) is 0.500. The maximum Gasteiger partial charge on any atom is 0.350 e. The fourth-order valence-corrected chi connectivity index (χ4v) is 6.10. The van der Waals surface area contributed by atoms with Crippen molar-refractivity contribution in [2.75, 3.05) is 49.2 Å². The lowest BCUT2D eigenvalue weighted by Crippen LogP contribution is -2.46. The zero-order valence-electron chi connectivity index (χ0n) is 25.4. The van der Waals surface area contributed by atoms with Crippen LogP contribution in [0.4, 0.5) is 11.4 Å². The largest absolute Gasteiger partial charge is 0.491 e. The molecule has 0 radical (unpaired) electrons. The van der Waals surface area contributed by atoms with Gasteiger partial charge in [0.25, 0.3) is 0 Å². The van der Waals surface area contributed by atoms with E-state index in [4.69, 9.17) is 14.2 Å². The van der Waals surface area contributed by atoms with Crippen LogP contribution in [0.25, 0.3) is 5.69 Å². The van der Waals surface area contributed by atoms with Gasteiger partial charge in [0.15, 0.2) is 5.79 Å². The molecular weight excluding hydrogens is 560 g/mol. The van der Waals surface area contributed by atoms with Crippen molar-refractivity contribution >= 4 is 11.4 Å². The number of ether oxygens (including phenoxy) is 3. The topological polar surface area (TPSA) is 105 Å². The highest BCUT2D eigenvalue weighted by Gasteiger charge is 2.53. The van der Waals surface area contributed by atoms with Crippen molar-refractivity contribution in [2.45, 2.75) is 57.6 Å². The zero-order valence-corrected chi connectivity index (χ0v) is 25.4. The highest BCUT2D eigenvalue weighted by molar-refractivity contribution is 5.54. The summed E-state index contributed by atoms with van der Waals surface area (Å²) in [5, 5.41) is 12.8. The number of piperazine rings is 1. The molecule has 2 aliphatic heterocycles. The Kier molecular flexibility index (Phi) is 7.85. The average molecular weight is 601 g/mol. The van der Waals surface area contributed by atoms with Gasteiger partial charge in [-0.15, -0.1) is 0 Å². The van der Waals surface area contributed by atoms with Crippen LogP contribution in [0, 0.1) is 5.92 Å². The number of benzene rings is 2. The molecule has 2 saturated heterocycles. The highest BCUT2D eigenvalue weighted by atomic mass is 16.8. The molecule has 2 aromatic carbocycles. The van der Waals surface area contributed by atoms with E-state index in [0.29, 0.717) is 25.7 Å². The van der Waals surface area contributed by atoms with E-state index in [1.807, 2.05) is 31.2 Å². The van der Waals surface area contributed by atoms with Gasteiger partial charge in [-0.25, -0.2) is 14.0 Å². The molecule has 4 heterocycles. The second kappa shape index (κ2) is 12.1. The monoisotopic (exact) mass is 600 g/mol. The molecular formula is C32H40N8O4. The second-order valence-electron chi connectivity index (χ2n) is 12.0. The third kappa shape index (κ3) is 5.83. The Labute approximate surface area is 256 Å². The van der Waals surface area contributed by atoms with Crippen molar-refractivity contribution in [3.05, 3.63) is 77.7 Å². The summed E-state index contributed by atoms with van der Waals surface area (Å²) in [6.45, 7) is 9.18. The van der Waals surface area contributed by atoms with E-state index in [2.05, 4.69) is 56.3 Å². The molecule has 2 aromatic heterocycles. The second-order valence-corrected chi connectivity index (χ2v) is 12.0. The van der Waals surface area contributed by atoms with Crippen molar-refractivity contribution in [3.63, 3.8) is 0 Å². The van der Waals surface area contributed by atoms with Gasteiger partial charge in [-0.1, -0.05) is 6.92 Å². The number of anilines is 2. The first-order chi connectivity index (χ1) is 21.5. The van der Waals surface area contributed by atoms with Gasteiger partial charge in [-0.3, -0.25) is 0 Å². The fourth-order valence-electron chi connectivity index (χ4n) is 6.10. The average Bonchev–Trinajstić information content (AvgIpc) is 3.46. The standard InChI is InChI=1S/C32H40N8O4/c1-3-24(2)40-31(41)38(23-35-40)28-8-6-26(7-9-28)36-16-18-37(19-17-36)27-10-12-29(13-11-27)42-20-30-21-43-32(44-30,25-4-5-25)22-39-33-14-15-34-39/h6-15,23-25,30H,3-5,16-22H2,1-2H3. The maximum absolute atomic E-state index is 12.8. The Hall–Kier alpha value is -4.16. The van der Waals surface area contributed by atoms with Crippen molar-refractivity contribution in [3.8, 4) is 11.4 Å². The van der Waals surface area contributed by atoms with Gasteiger partial charge in [-0.2, -0.15) is 20.1 Å². The summed E-state index contributed by atoms with van der Waals surface area (Å²) in [6, 6.07) is 16.6. The SMILES string of the molecule is CCC(C)n1ncn(-c2ccc(N3CCN(c4ccc(OCC5COC(Cn6nccn6)(C6CC6)O5)cc4)CC3)cc2)c1=O. The normalized spacial score (nSPS) is 22.8. The molecule has 1 aliphatic carbocycles. The van der Waals surface area contributed by atoms with E-state index in [9.17, 15) is 4.79 Å². The van der Waals surface area contributed by atoms with Crippen LogP contribution in [0.1, 0.15) is 39.2 Å². The van der Waals surface area contributed by atoms with E-state index in [-0.39, 0.29) is 17.8 Å². The lowest BCUT2D eigenvalue weighted by Gasteiger charge is -2.37. The van der Waals surface area contributed by atoms with Gasteiger partial charge in [0, 0.05) is 43.5 Å². The number of aromatic nitrogens is 6. The third-order valence-electron chi connectivity index (χ3n) is 9.02. The summed E-state index contributed by atoms with van der Waals surface area (Å²) in [4.78, 5) is 19.2. The molecule has 12 heteroatoms. The van der Waals surface area contributed by atoms with Crippen molar-refractivity contribution in [1.29, 1.82) is 0 Å². The first-order valence-electron chi connectivity index (χ1n) is 15.7. The molecule has 4 aromatic rings. The van der Waals surface area contributed by atoms with Crippen LogP contribution in [-0.2, 0) is 16.0 Å². The summed E-state index contributed by atoms with van der Waals surface area (Å²) < 4.78 is 21.9. The number of hydrogen-bond acceptors (Lipinski definition) is 9. The number of rotatable bonds is 11. The summed E-state index contributed by atoms with van der Waals surface area (Å²) in [7, 11) is 0. The van der Waals surface area contributed by atoms with Crippen LogP contribution in [0.5, 0.6) is 5.75 Å². The predicted molar refractivity (Wildman–Crippen MR) is 165 cm³/mol. The van der Waals surface area contributed by atoms with Gasteiger partial charge in [0.2, 0.25) is 0 Å². The van der Waals surface area contributed by atoms with Crippen molar-refractivity contribution in [2.24, 2.45) is 5.92 Å². The summed E-state index contributed by atoms with van der Waals surface area (Å²) in [5.74, 6) is 0.550. The Morgan fingerprint density at radius 3 is 2.14 bits per heavy atom. The molecule has 0 bridgehead atoms.